The van der Waals surface area contributed by atoms with Gasteiger partial charge in [-0.05, 0) is 12.1 Å². The van der Waals surface area contributed by atoms with Crippen molar-refractivity contribution in [1.29, 1.82) is 0 Å². The molecule has 4 nitrogen and oxygen atoms in total. The first-order chi connectivity index (χ1) is 8.63. The van der Waals surface area contributed by atoms with Gasteiger partial charge in [0, 0.05) is 17.2 Å². The zero-order chi connectivity index (χ0) is 13.1. The maximum absolute atomic E-state index is 13.6. The Labute approximate surface area is 103 Å². The van der Waals surface area contributed by atoms with Gasteiger partial charge in [0.05, 0.1) is 7.11 Å². The highest BCUT2D eigenvalue weighted by Crippen LogP contribution is 2.27. The molecule has 1 N–H and O–H groups in total. The van der Waals surface area contributed by atoms with E-state index in [2.05, 4.69) is 4.98 Å². The predicted octanol–water partition coefficient (Wildman–Crippen LogP) is 2.59. The van der Waals surface area contributed by atoms with E-state index in [1.165, 1.54) is 37.4 Å². The van der Waals surface area contributed by atoms with Gasteiger partial charge in [0.1, 0.15) is 5.82 Å². The van der Waals surface area contributed by atoms with Crippen LogP contribution in [0.4, 0.5) is 4.39 Å². The number of ether oxygens (including phenoxy) is 1. The first-order valence-corrected chi connectivity index (χ1v) is 5.16. The highest BCUT2D eigenvalue weighted by atomic mass is 19.1. The van der Waals surface area contributed by atoms with Crippen LogP contribution in [0.3, 0.4) is 0 Å². The van der Waals surface area contributed by atoms with Gasteiger partial charge in [-0.3, -0.25) is 0 Å². The molecule has 1 heterocycles. The lowest BCUT2D eigenvalue weighted by Crippen LogP contribution is -2.05. The number of hydrogen-bond acceptors (Lipinski definition) is 3. The molecule has 1 aromatic heterocycles. The van der Waals surface area contributed by atoms with Crippen LogP contribution in [0.25, 0.3) is 11.1 Å². The lowest BCUT2D eigenvalue weighted by Gasteiger charge is -2.08. The Morgan fingerprint density at radius 2 is 1.94 bits per heavy atom. The van der Waals surface area contributed by atoms with Gasteiger partial charge in [0.15, 0.2) is 5.69 Å². The van der Waals surface area contributed by atoms with E-state index in [4.69, 9.17) is 9.84 Å². The van der Waals surface area contributed by atoms with Gasteiger partial charge < -0.3 is 9.84 Å². The van der Waals surface area contributed by atoms with Crippen molar-refractivity contribution >= 4 is 5.97 Å². The molecule has 0 saturated heterocycles. The minimum Gasteiger partial charge on any atom is -0.481 e. The average Bonchev–Trinajstić information content (AvgIpc) is 2.38. The Morgan fingerprint density at radius 3 is 2.56 bits per heavy atom. The van der Waals surface area contributed by atoms with Crippen molar-refractivity contribution in [1.82, 2.24) is 4.98 Å². The van der Waals surface area contributed by atoms with Crippen molar-refractivity contribution in [3.63, 3.8) is 0 Å². The number of methoxy groups -OCH3 is 1. The quantitative estimate of drug-likeness (QED) is 0.905. The third-order valence-corrected chi connectivity index (χ3v) is 2.45. The summed E-state index contributed by atoms with van der Waals surface area (Å²) in [6.07, 6.45) is 0. The van der Waals surface area contributed by atoms with Crippen molar-refractivity contribution in [2.24, 2.45) is 0 Å². The Morgan fingerprint density at radius 1 is 1.22 bits per heavy atom. The van der Waals surface area contributed by atoms with Gasteiger partial charge in [-0.1, -0.05) is 18.2 Å². The van der Waals surface area contributed by atoms with E-state index in [1.54, 1.807) is 6.07 Å². The number of pyridine rings is 1. The number of carbonyl (C=O) groups is 1. The van der Waals surface area contributed by atoms with Crippen LogP contribution in [-0.2, 0) is 0 Å². The van der Waals surface area contributed by atoms with E-state index in [-0.39, 0.29) is 22.7 Å². The van der Waals surface area contributed by atoms with Gasteiger partial charge in [-0.2, -0.15) is 0 Å². The summed E-state index contributed by atoms with van der Waals surface area (Å²) in [5.74, 6) is -1.55. The van der Waals surface area contributed by atoms with Crippen LogP contribution in [0.1, 0.15) is 10.5 Å². The molecule has 18 heavy (non-hydrogen) atoms. The molecule has 0 amide bonds. The summed E-state index contributed by atoms with van der Waals surface area (Å²) in [7, 11) is 1.39. The lowest BCUT2D eigenvalue weighted by molar-refractivity contribution is 0.0690. The highest BCUT2D eigenvalue weighted by molar-refractivity contribution is 5.94. The Balaban J connectivity index is 2.64. The van der Waals surface area contributed by atoms with Gasteiger partial charge in [0.2, 0.25) is 5.88 Å². The topological polar surface area (TPSA) is 59.4 Å². The van der Waals surface area contributed by atoms with Crippen molar-refractivity contribution in [3.05, 3.63) is 47.9 Å². The number of aromatic nitrogens is 1. The number of carboxylic acid groups (broad SMARTS) is 1. The molecule has 0 spiro atoms. The summed E-state index contributed by atoms with van der Waals surface area (Å²) in [5.41, 5.74) is 0.186. The standard InChI is InChI=1S/C13H10FNO3/c1-18-11-7-6-9(12(15-11)13(16)17)8-4-2-3-5-10(8)14/h2-7H,1H3,(H,16,17). The predicted molar refractivity (Wildman–Crippen MR) is 63.1 cm³/mol. The second kappa shape index (κ2) is 4.83. The van der Waals surface area contributed by atoms with Crippen LogP contribution in [-0.4, -0.2) is 23.2 Å². The second-order valence-electron chi connectivity index (χ2n) is 3.53. The monoisotopic (exact) mass is 247 g/mol. The van der Waals surface area contributed by atoms with Crippen LogP contribution in [0.5, 0.6) is 5.88 Å². The molecule has 0 saturated carbocycles. The summed E-state index contributed by atoms with van der Waals surface area (Å²) < 4.78 is 18.5. The number of carboxylic acids is 1. The summed E-state index contributed by atoms with van der Waals surface area (Å²) in [5, 5.41) is 9.10. The molecule has 2 rings (SSSR count). The zero-order valence-electron chi connectivity index (χ0n) is 9.55. The minimum atomic E-state index is -1.23. The molecule has 2 aromatic rings. The van der Waals surface area contributed by atoms with Gasteiger partial charge in [-0.25, -0.2) is 14.2 Å². The molecule has 92 valence electrons. The number of aromatic carboxylic acids is 1. The van der Waals surface area contributed by atoms with E-state index in [1.807, 2.05) is 0 Å². The molecular weight excluding hydrogens is 237 g/mol. The zero-order valence-corrected chi connectivity index (χ0v) is 9.55. The molecule has 5 heteroatoms. The first kappa shape index (κ1) is 12.0. The first-order valence-electron chi connectivity index (χ1n) is 5.16. The number of rotatable bonds is 3. The molecule has 0 atom stereocenters. The van der Waals surface area contributed by atoms with E-state index >= 15 is 0 Å². The third-order valence-electron chi connectivity index (χ3n) is 2.45. The van der Waals surface area contributed by atoms with E-state index in [0.717, 1.165) is 0 Å². The molecule has 0 aliphatic carbocycles. The molecule has 1 aromatic carbocycles. The Hall–Kier alpha value is -2.43. The summed E-state index contributed by atoms with van der Waals surface area (Å²) in [4.78, 5) is 15.0. The van der Waals surface area contributed by atoms with Crippen molar-refractivity contribution in [2.75, 3.05) is 7.11 Å². The van der Waals surface area contributed by atoms with Crippen LogP contribution in [0.2, 0.25) is 0 Å². The van der Waals surface area contributed by atoms with Gasteiger partial charge >= 0.3 is 5.97 Å². The normalized spacial score (nSPS) is 10.1. The van der Waals surface area contributed by atoms with Crippen LogP contribution in [0, 0.1) is 5.82 Å². The van der Waals surface area contributed by atoms with Gasteiger partial charge in [0.25, 0.3) is 0 Å². The summed E-state index contributed by atoms with van der Waals surface area (Å²) >= 11 is 0. The molecule has 0 aliphatic rings. The summed E-state index contributed by atoms with van der Waals surface area (Å²) in [6, 6.07) is 8.92. The molecular formula is C13H10FNO3. The van der Waals surface area contributed by atoms with E-state index < -0.39 is 11.8 Å². The maximum Gasteiger partial charge on any atom is 0.355 e. The SMILES string of the molecule is COc1ccc(-c2ccccc2F)c(C(=O)O)n1. The molecule has 0 unspecified atom stereocenters. The Bertz CT molecular complexity index is 599. The minimum absolute atomic E-state index is 0.174. The van der Waals surface area contributed by atoms with E-state index in [0.29, 0.717) is 0 Å². The van der Waals surface area contributed by atoms with Crippen molar-refractivity contribution in [3.8, 4) is 17.0 Å². The smallest absolute Gasteiger partial charge is 0.355 e. The fourth-order valence-corrected chi connectivity index (χ4v) is 1.61. The Kier molecular flexibility index (Phi) is 3.23. The fraction of sp³-hybridized carbons (Fsp3) is 0.0769. The van der Waals surface area contributed by atoms with Gasteiger partial charge in [-0.15, -0.1) is 0 Å². The van der Waals surface area contributed by atoms with Crippen molar-refractivity contribution in [2.45, 2.75) is 0 Å². The van der Waals surface area contributed by atoms with E-state index in [9.17, 15) is 9.18 Å². The number of nitrogens with zero attached hydrogens (tertiary/aromatic N) is 1. The molecule has 0 fully saturated rings. The van der Waals surface area contributed by atoms with Crippen LogP contribution >= 0.6 is 0 Å². The highest BCUT2D eigenvalue weighted by Gasteiger charge is 2.17. The maximum atomic E-state index is 13.6. The lowest BCUT2D eigenvalue weighted by atomic mass is 10.0. The summed E-state index contributed by atoms with van der Waals surface area (Å²) in [6.45, 7) is 0. The third kappa shape index (κ3) is 2.15. The average molecular weight is 247 g/mol. The van der Waals surface area contributed by atoms with Crippen LogP contribution in [0.15, 0.2) is 36.4 Å². The largest absolute Gasteiger partial charge is 0.481 e. The molecule has 0 radical (unpaired) electrons. The fourth-order valence-electron chi connectivity index (χ4n) is 1.61. The van der Waals surface area contributed by atoms with Crippen LogP contribution < -0.4 is 4.74 Å². The number of hydrogen-bond donors (Lipinski definition) is 1. The number of benzene rings is 1. The second-order valence-corrected chi connectivity index (χ2v) is 3.53. The van der Waals surface area contributed by atoms with Crippen molar-refractivity contribution < 1.29 is 19.0 Å². The molecule has 0 bridgehead atoms. The molecule has 0 aliphatic heterocycles. The number of halogens is 1.